The highest BCUT2D eigenvalue weighted by atomic mass is 79.9. The molecular weight excluding hydrogens is 430 g/mol. The number of aliphatic carboxylic acids is 1. The summed E-state index contributed by atoms with van der Waals surface area (Å²) in [5.41, 5.74) is 3.61. The van der Waals surface area contributed by atoms with Crippen molar-refractivity contribution >= 4 is 39.1 Å². The van der Waals surface area contributed by atoms with Gasteiger partial charge in [0.25, 0.3) is 5.91 Å². The molecular formula is C20H22BrNO4S. The second-order valence-electron chi connectivity index (χ2n) is 6.89. The lowest BCUT2D eigenvalue weighted by Gasteiger charge is -2.32. The van der Waals surface area contributed by atoms with Crippen molar-refractivity contribution in [2.75, 3.05) is 6.54 Å². The molecule has 27 heavy (non-hydrogen) atoms. The first-order chi connectivity index (χ1) is 12.8. The van der Waals surface area contributed by atoms with E-state index in [9.17, 15) is 9.59 Å². The van der Waals surface area contributed by atoms with E-state index in [0.717, 1.165) is 27.1 Å². The minimum absolute atomic E-state index is 0.0851. The van der Waals surface area contributed by atoms with E-state index in [1.165, 1.54) is 22.5 Å². The molecule has 0 saturated heterocycles. The van der Waals surface area contributed by atoms with E-state index in [1.807, 2.05) is 6.07 Å². The van der Waals surface area contributed by atoms with Crippen molar-refractivity contribution in [2.24, 2.45) is 0 Å². The molecule has 0 fully saturated rings. The summed E-state index contributed by atoms with van der Waals surface area (Å²) in [7, 11) is 0. The standard InChI is InChI=1S/C20H22BrNO4S/c1-10-8-13(26-14-9-11(2)19(21)12(3)18(10)14)15-4-5-16(27-15)20(25)22-7-6-17(23)24/h4-5,9-10,13H,6-8H2,1-3H3,(H,22,25)(H,23,24). The number of amides is 1. The molecule has 7 heteroatoms. The lowest BCUT2D eigenvalue weighted by molar-refractivity contribution is -0.136. The lowest BCUT2D eigenvalue weighted by atomic mass is 9.87. The molecule has 2 unspecified atom stereocenters. The van der Waals surface area contributed by atoms with Crippen molar-refractivity contribution in [3.05, 3.63) is 49.1 Å². The van der Waals surface area contributed by atoms with Crippen LogP contribution in [0.25, 0.3) is 0 Å². The molecule has 0 bridgehead atoms. The van der Waals surface area contributed by atoms with Gasteiger partial charge in [-0.2, -0.15) is 0 Å². The van der Waals surface area contributed by atoms with Crippen LogP contribution in [0.1, 0.15) is 63.0 Å². The van der Waals surface area contributed by atoms with Crippen molar-refractivity contribution < 1.29 is 19.4 Å². The second-order valence-corrected chi connectivity index (χ2v) is 8.80. The van der Waals surface area contributed by atoms with Crippen LogP contribution >= 0.6 is 27.3 Å². The van der Waals surface area contributed by atoms with Crippen LogP contribution < -0.4 is 10.1 Å². The van der Waals surface area contributed by atoms with Crippen LogP contribution in [0.15, 0.2) is 22.7 Å². The van der Waals surface area contributed by atoms with Gasteiger partial charge in [0.05, 0.1) is 11.3 Å². The molecule has 1 aromatic carbocycles. The van der Waals surface area contributed by atoms with E-state index in [0.29, 0.717) is 10.8 Å². The number of ether oxygens (including phenoxy) is 1. The van der Waals surface area contributed by atoms with Gasteiger partial charge in [-0.15, -0.1) is 11.3 Å². The molecule has 2 aromatic rings. The fourth-order valence-electron chi connectivity index (χ4n) is 3.48. The van der Waals surface area contributed by atoms with Gasteiger partial charge >= 0.3 is 5.97 Å². The zero-order chi connectivity index (χ0) is 19.7. The monoisotopic (exact) mass is 451 g/mol. The highest BCUT2D eigenvalue weighted by Crippen LogP contribution is 2.47. The summed E-state index contributed by atoms with van der Waals surface area (Å²) >= 11 is 5.06. The average Bonchev–Trinajstić information content (AvgIpc) is 3.09. The SMILES string of the molecule is Cc1cc2c(c(C)c1Br)C(C)CC(c1ccc(C(=O)NCCC(=O)O)s1)O2. The highest BCUT2D eigenvalue weighted by Gasteiger charge is 2.30. The van der Waals surface area contributed by atoms with E-state index < -0.39 is 5.97 Å². The second kappa shape index (κ2) is 8.02. The predicted octanol–water partition coefficient (Wildman–Crippen LogP) is 4.96. The number of carboxylic acids is 1. The Kier molecular flexibility index (Phi) is 5.91. The number of benzene rings is 1. The minimum atomic E-state index is -0.928. The summed E-state index contributed by atoms with van der Waals surface area (Å²) in [6, 6.07) is 5.78. The number of hydrogen-bond acceptors (Lipinski definition) is 4. The van der Waals surface area contributed by atoms with Crippen molar-refractivity contribution in [1.29, 1.82) is 0 Å². The Morgan fingerprint density at radius 3 is 2.81 bits per heavy atom. The number of carbonyl (C=O) groups excluding carboxylic acids is 1. The van der Waals surface area contributed by atoms with Gasteiger partial charge in [-0.1, -0.05) is 22.9 Å². The minimum Gasteiger partial charge on any atom is -0.485 e. The topological polar surface area (TPSA) is 75.6 Å². The van der Waals surface area contributed by atoms with Gasteiger partial charge in [0.15, 0.2) is 0 Å². The number of hydrogen-bond donors (Lipinski definition) is 2. The largest absolute Gasteiger partial charge is 0.485 e. The number of carbonyl (C=O) groups is 2. The zero-order valence-electron chi connectivity index (χ0n) is 15.5. The summed E-state index contributed by atoms with van der Waals surface area (Å²) in [5.74, 6) is 0.0958. The Bertz CT molecular complexity index is 892. The van der Waals surface area contributed by atoms with E-state index in [4.69, 9.17) is 9.84 Å². The first-order valence-corrected chi connectivity index (χ1v) is 10.4. The number of rotatable bonds is 5. The third-order valence-corrected chi connectivity index (χ3v) is 7.21. The smallest absolute Gasteiger partial charge is 0.305 e. The van der Waals surface area contributed by atoms with Crippen molar-refractivity contribution in [3.63, 3.8) is 0 Å². The van der Waals surface area contributed by atoms with Crippen LogP contribution in [-0.2, 0) is 4.79 Å². The van der Waals surface area contributed by atoms with Gasteiger partial charge in [0.1, 0.15) is 11.9 Å². The van der Waals surface area contributed by atoms with Gasteiger partial charge in [0, 0.05) is 21.5 Å². The van der Waals surface area contributed by atoms with Gasteiger partial charge in [-0.05, 0) is 55.5 Å². The van der Waals surface area contributed by atoms with Gasteiger partial charge in [-0.25, -0.2) is 0 Å². The van der Waals surface area contributed by atoms with Crippen LogP contribution in [0.5, 0.6) is 5.75 Å². The average molecular weight is 452 g/mol. The Labute approximate surface area is 170 Å². The fourth-order valence-corrected chi connectivity index (χ4v) is 4.77. The summed E-state index contributed by atoms with van der Waals surface area (Å²) in [6.07, 6.45) is 0.681. The van der Waals surface area contributed by atoms with E-state index in [-0.39, 0.29) is 25.0 Å². The van der Waals surface area contributed by atoms with E-state index in [1.54, 1.807) is 6.07 Å². The number of nitrogens with one attached hydrogen (secondary N) is 1. The number of aryl methyl sites for hydroxylation is 1. The van der Waals surface area contributed by atoms with Crippen molar-refractivity contribution in [3.8, 4) is 5.75 Å². The van der Waals surface area contributed by atoms with Crippen LogP contribution in [0.2, 0.25) is 0 Å². The highest BCUT2D eigenvalue weighted by molar-refractivity contribution is 9.10. The number of carboxylic acid groups (broad SMARTS) is 1. The molecule has 2 atom stereocenters. The fraction of sp³-hybridized carbons (Fsp3) is 0.400. The molecule has 144 valence electrons. The van der Waals surface area contributed by atoms with Gasteiger partial charge in [-0.3, -0.25) is 9.59 Å². The first-order valence-electron chi connectivity index (χ1n) is 8.84. The third kappa shape index (κ3) is 4.19. The molecule has 3 rings (SSSR count). The maximum absolute atomic E-state index is 12.2. The summed E-state index contributed by atoms with van der Waals surface area (Å²) in [5, 5.41) is 11.3. The molecule has 0 radical (unpaired) electrons. The Morgan fingerprint density at radius 1 is 1.37 bits per heavy atom. The number of halogens is 1. The molecule has 0 saturated carbocycles. The van der Waals surface area contributed by atoms with Crippen LogP contribution in [0.3, 0.4) is 0 Å². The zero-order valence-corrected chi connectivity index (χ0v) is 17.9. The number of thiophene rings is 1. The van der Waals surface area contributed by atoms with Crippen LogP contribution in [0, 0.1) is 13.8 Å². The predicted molar refractivity (Wildman–Crippen MR) is 109 cm³/mol. The van der Waals surface area contributed by atoms with Gasteiger partial charge < -0.3 is 15.2 Å². The molecule has 1 aromatic heterocycles. The molecule has 1 aliphatic heterocycles. The normalized spacial score (nSPS) is 18.5. The molecule has 1 amide bonds. The summed E-state index contributed by atoms with van der Waals surface area (Å²) in [6.45, 7) is 6.50. The van der Waals surface area contributed by atoms with Crippen molar-refractivity contribution in [2.45, 2.75) is 45.6 Å². The van der Waals surface area contributed by atoms with E-state index in [2.05, 4.69) is 48.1 Å². The van der Waals surface area contributed by atoms with E-state index >= 15 is 0 Å². The Morgan fingerprint density at radius 2 is 2.11 bits per heavy atom. The lowest BCUT2D eigenvalue weighted by Crippen LogP contribution is -2.25. The van der Waals surface area contributed by atoms with Gasteiger partial charge in [0.2, 0.25) is 0 Å². The molecule has 0 aliphatic carbocycles. The Hall–Kier alpha value is -1.86. The first kappa shape index (κ1) is 19.9. The summed E-state index contributed by atoms with van der Waals surface area (Å²) < 4.78 is 7.42. The molecule has 2 N–H and O–H groups in total. The molecule has 1 aliphatic rings. The van der Waals surface area contributed by atoms with Crippen LogP contribution in [-0.4, -0.2) is 23.5 Å². The third-order valence-electron chi connectivity index (χ3n) is 4.81. The molecule has 0 spiro atoms. The quantitative estimate of drug-likeness (QED) is 0.673. The Balaban J connectivity index is 1.76. The summed E-state index contributed by atoms with van der Waals surface area (Å²) in [4.78, 5) is 24.3. The molecule has 5 nitrogen and oxygen atoms in total. The maximum Gasteiger partial charge on any atom is 0.305 e. The van der Waals surface area contributed by atoms with Crippen LogP contribution in [0.4, 0.5) is 0 Å². The molecule has 2 heterocycles. The maximum atomic E-state index is 12.2. The van der Waals surface area contributed by atoms with Crippen molar-refractivity contribution in [1.82, 2.24) is 5.32 Å². The number of fused-ring (bicyclic) bond motifs is 1.